The topological polar surface area (TPSA) is 108 Å². The van der Waals surface area contributed by atoms with Crippen LogP contribution in [0.2, 0.25) is 0 Å². The van der Waals surface area contributed by atoms with Crippen molar-refractivity contribution in [2.45, 2.75) is 148 Å². The fraction of sp³-hybridized carbons (Fsp3) is 0.682. The average Bonchev–Trinajstić information content (AvgIpc) is 3.12. The summed E-state index contributed by atoms with van der Waals surface area (Å²) in [6.07, 6.45) is 44.5. The largest absolute Gasteiger partial charge is 0.472 e. The Morgan fingerprint density at radius 2 is 1.19 bits per heavy atom. The molecule has 0 radical (unpaired) electrons. The fourth-order valence-corrected chi connectivity index (χ4v) is 5.83. The first-order valence-corrected chi connectivity index (χ1v) is 22.2. The molecule has 1 N–H and O–H groups in total. The summed E-state index contributed by atoms with van der Waals surface area (Å²) in [4.78, 5) is 35.1. The molecule has 1 unspecified atom stereocenters. The van der Waals surface area contributed by atoms with Gasteiger partial charge in [-0.25, -0.2) is 9.36 Å². The first kappa shape index (κ1) is 51.5. The highest BCUT2D eigenvalue weighted by Gasteiger charge is 2.26. The maximum absolute atomic E-state index is 12.5. The number of phosphoric acid groups is 1. The third-order valence-electron chi connectivity index (χ3n) is 8.33. The predicted octanol–water partition coefficient (Wildman–Crippen LogP) is 11.5. The number of carbonyl (C=O) groups is 2. The van der Waals surface area contributed by atoms with Crippen LogP contribution in [0.1, 0.15) is 142 Å². The Morgan fingerprint density at radius 3 is 1.78 bits per heavy atom. The van der Waals surface area contributed by atoms with Gasteiger partial charge in [0.1, 0.15) is 19.8 Å². The van der Waals surface area contributed by atoms with E-state index in [0.29, 0.717) is 17.4 Å². The maximum Gasteiger partial charge on any atom is 0.472 e. The number of quaternary nitrogens is 1. The molecule has 9 nitrogen and oxygen atoms in total. The number of rotatable bonds is 36. The van der Waals surface area contributed by atoms with E-state index in [4.69, 9.17) is 18.5 Å². The minimum absolute atomic E-state index is 0.00585. The van der Waals surface area contributed by atoms with Gasteiger partial charge in [0, 0.05) is 12.5 Å². The van der Waals surface area contributed by atoms with Crippen LogP contribution in [-0.2, 0) is 32.7 Å². The molecule has 0 aliphatic carbocycles. The Morgan fingerprint density at radius 1 is 0.648 bits per heavy atom. The van der Waals surface area contributed by atoms with Crippen molar-refractivity contribution >= 4 is 19.8 Å². The molecule has 0 aromatic carbocycles. The van der Waals surface area contributed by atoms with E-state index in [-0.39, 0.29) is 19.6 Å². The van der Waals surface area contributed by atoms with Crippen LogP contribution >= 0.6 is 7.82 Å². The van der Waals surface area contributed by atoms with E-state index >= 15 is 0 Å². The van der Waals surface area contributed by atoms with E-state index in [1.165, 1.54) is 70.3 Å². The molecule has 310 valence electrons. The summed E-state index contributed by atoms with van der Waals surface area (Å²) in [7, 11) is 1.39. The van der Waals surface area contributed by atoms with Crippen LogP contribution in [0.15, 0.2) is 72.9 Å². The predicted molar refractivity (Wildman–Crippen MR) is 224 cm³/mol. The van der Waals surface area contributed by atoms with Gasteiger partial charge < -0.3 is 18.9 Å². The van der Waals surface area contributed by atoms with Gasteiger partial charge >= 0.3 is 19.8 Å². The van der Waals surface area contributed by atoms with Crippen molar-refractivity contribution in [1.29, 1.82) is 0 Å². The van der Waals surface area contributed by atoms with Gasteiger partial charge in [-0.3, -0.25) is 13.8 Å². The standard InChI is InChI=1S/C44H76NO8P/c1-6-8-10-12-14-16-18-20-22-24-26-28-30-32-34-36-43(46)50-40-42(41-52-54(48,49)51-39-38-45(3,4)5)53-44(47)37-35-33-31-29-27-25-23-21-19-17-15-13-11-9-7-2/h8,10,14,16,20,22,26,28,31,33,35,37,42H,6-7,9,11-13,15,17-19,21,23-25,27,29-30,32,34,36,38-41H2,1-5H3/p+1/b10-8+,16-14+,22-20+,28-26+,33-31+,37-35+/t42-/m1/s1. The third kappa shape index (κ3) is 39.2. The summed E-state index contributed by atoms with van der Waals surface area (Å²) in [5, 5.41) is 0. The Kier molecular flexibility index (Phi) is 34.4. The summed E-state index contributed by atoms with van der Waals surface area (Å²) >= 11 is 0. The van der Waals surface area contributed by atoms with E-state index in [9.17, 15) is 19.0 Å². The van der Waals surface area contributed by atoms with E-state index in [1.54, 1.807) is 6.08 Å². The molecule has 10 heteroatoms. The smallest absolute Gasteiger partial charge is 0.462 e. The molecular formula is C44H77NO8P+. The van der Waals surface area contributed by atoms with Crippen molar-refractivity contribution < 1.29 is 42.1 Å². The molecule has 54 heavy (non-hydrogen) atoms. The Labute approximate surface area is 329 Å². The highest BCUT2D eigenvalue weighted by atomic mass is 31.2. The molecule has 0 amide bonds. The van der Waals surface area contributed by atoms with Crippen molar-refractivity contribution in [3.8, 4) is 0 Å². The minimum atomic E-state index is -4.41. The summed E-state index contributed by atoms with van der Waals surface area (Å²) in [5.74, 6) is -1.11. The second kappa shape index (κ2) is 36.1. The minimum Gasteiger partial charge on any atom is -0.462 e. The lowest BCUT2D eigenvalue weighted by atomic mass is 10.1. The van der Waals surface area contributed by atoms with Crippen LogP contribution in [0.5, 0.6) is 0 Å². The molecule has 0 rings (SSSR count). The Bertz CT molecular complexity index is 1150. The van der Waals surface area contributed by atoms with Crippen LogP contribution in [0, 0.1) is 0 Å². The van der Waals surface area contributed by atoms with Gasteiger partial charge in [0.15, 0.2) is 6.10 Å². The van der Waals surface area contributed by atoms with Gasteiger partial charge in [-0.05, 0) is 57.8 Å². The third-order valence-corrected chi connectivity index (χ3v) is 9.31. The second-order valence-corrected chi connectivity index (χ2v) is 16.2. The fourth-order valence-electron chi connectivity index (χ4n) is 5.09. The van der Waals surface area contributed by atoms with Gasteiger partial charge in [-0.1, -0.05) is 145 Å². The lowest BCUT2D eigenvalue weighted by molar-refractivity contribution is -0.870. The first-order chi connectivity index (χ1) is 26.0. The number of carbonyl (C=O) groups excluding carboxylic acids is 2. The summed E-state index contributed by atoms with van der Waals surface area (Å²) in [6, 6.07) is 0. The molecule has 0 saturated carbocycles. The average molecular weight is 779 g/mol. The maximum atomic E-state index is 12.5. The number of unbranched alkanes of at least 4 members (excludes halogenated alkanes) is 13. The molecule has 0 heterocycles. The summed E-state index contributed by atoms with van der Waals surface area (Å²) in [6.45, 7) is 4.11. The van der Waals surface area contributed by atoms with Crippen LogP contribution < -0.4 is 0 Å². The SMILES string of the molecule is CC/C=C/C/C=C/C/C=C/C/C=C/CCCCC(=O)OC[C@H](COP(=O)(O)OCC[N+](C)(C)C)OC(=O)/C=C/C=C/CCCCCCCCCCCCC. The highest BCUT2D eigenvalue weighted by molar-refractivity contribution is 7.47. The van der Waals surface area contributed by atoms with E-state index < -0.39 is 32.5 Å². The normalized spacial score (nSPS) is 14.4. The molecule has 0 saturated heterocycles. The van der Waals surface area contributed by atoms with E-state index in [1.807, 2.05) is 33.3 Å². The zero-order valence-electron chi connectivity index (χ0n) is 34.7. The van der Waals surface area contributed by atoms with Crippen LogP contribution in [0.25, 0.3) is 0 Å². The number of hydrogen-bond donors (Lipinski definition) is 1. The monoisotopic (exact) mass is 779 g/mol. The van der Waals surface area contributed by atoms with Crippen molar-refractivity contribution in [2.75, 3.05) is 47.5 Å². The van der Waals surface area contributed by atoms with E-state index in [0.717, 1.165) is 51.4 Å². The number of nitrogens with zero attached hydrogens (tertiary/aromatic N) is 1. The number of esters is 2. The lowest BCUT2D eigenvalue weighted by Gasteiger charge is -2.24. The zero-order valence-corrected chi connectivity index (χ0v) is 35.6. The quantitative estimate of drug-likeness (QED) is 0.0127. The second-order valence-electron chi connectivity index (χ2n) is 14.7. The zero-order chi connectivity index (χ0) is 40.0. The van der Waals surface area contributed by atoms with Crippen molar-refractivity contribution in [1.82, 2.24) is 0 Å². The van der Waals surface area contributed by atoms with Crippen LogP contribution in [0.3, 0.4) is 0 Å². The van der Waals surface area contributed by atoms with Gasteiger partial charge in [-0.15, -0.1) is 0 Å². The number of allylic oxidation sites excluding steroid dienone is 11. The number of phosphoric ester groups is 1. The molecule has 0 bridgehead atoms. The van der Waals surface area contributed by atoms with Crippen molar-refractivity contribution in [2.24, 2.45) is 0 Å². The molecular weight excluding hydrogens is 701 g/mol. The highest BCUT2D eigenvalue weighted by Crippen LogP contribution is 2.43. The number of hydrogen-bond acceptors (Lipinski definition) is 7. The Hall–Kier alpha value is -2.55. The van der Waals surface area contributed by atoms with Crippen molar-refractivity contribution in [3.63, 3.8) is 0 Å². The molecule has 0 spiro atoms. The lowest BCUT2D eigenvalue weighted by Crippen LogP contribution is -2.37. The Balaban J connectivity index is 4.59. The van der Waals surface area contributed by atoms with Crippen LogP contribution in [-0.4, -0.2) is 74.9 Å². The van der Waals surface area contributed by atoms with Gasteiger partial charge in [0.05, 0.1) is 27.7 Å². The molecule has 2 atom stereocenters. The molecule has 0 aliphatic rings. The van der Waals surface area contributed by atoms with Gasteiger partial charge in [0.2, 0.25) is 0 Å². The molecule has 0 aliphatic heterocycles. The van der Waals surface area contributed by atoms with E-state index in [2.05, 4.69) is 62.5 Å². The van der Waals surface area contributed by atoms with Crippen molar-refractivity contribution in [3.05, 3.63) is 72.9 Å². The summed E-state index contributed by atoms with van der Waals surface area (Å²) in [5.41, 5.74) is 0. The van der Waals surface area contributed by atoms with Crippen LogP contribution in [0.4, 0.5) is 0 Å². The van der Waals surface area contributed by atoms with Gasteiger partial charge in [-0.2, -0.15) is 0 Å². The van der Waals surface area contributed by atoms with Gasteiger partial charge in [0.25, 0.3) is 0 Å². The molecule has 0 aromatic rings. The summed E-state index contributed by atoms with van der Waals surface area (Å²) < 4.78 is 34.0. The first-order valence-electron chi connectivity index (χ1n) is 20.7. The molecule has 0 aromatic heterocycles. The number of likely N-dealkylation sites (N-methyl/N-ethyl adjacent to an activating group) is 1. The number of ether oxygens (including phenoxy) is 2. The molecule has 0 fully saturated rings.